The molecule has 0 bridgehead atoms. The Kier molecular flexibility index (Phi) is 18.3. The number of hydrogen-bond donors (Lipinski definition) is 0. The van der Waals surface area contributed by atoms with Crippen LogP contribution in [0.4, 0.5) is 0 Å². The van der Waals surface area contributed by atoms with Gasteiger partial charge < -0.3 is 46.7 Å². The first-order chi connectivity index (χ1) is 34.0. The molecule has 2 heterocycles. The number of esters is 5. The SMILES string of the molecule is CC(=O)O[C@@H]1[C@@H](OC(C)=O)[C@@H](O[C@]2(CBr)O[C@H](CO[Si](c3ccccc3)(c3ccccc3)C(C)(C)C)[C@@H](OC(C)=O)[C@@H]2OC(C)=O)O[C@H](CO[Si](c2ccccc2)(c2ccccc2)C(C)(C)C)[C@H]1OC(C)=O. The Balaban J connectivity index is 1.49. The number of alkyl halides is 1. The van der Waals surface area contributed by atoms with Crippen LogP contribution in [-0.4, -0.2) is 120 Å². The third-order valence-corrected chi connectivity index (χ3v) is 23.6. The minimum absolute atomic E-state index is 0.195. The zero-order valence-corrected chi connectivity index (χ0v) is 46.4. The van der Waals surface area contributed by atoms with Gasteiger partial charge in [-0.05, 0) is 30.8 Å². The Bertz CT molecular complexity index is 2390. The van der Waals surface area contributed by atoms with E-state index in [2.05, 4.69) is 57.5 Å². The molecular formula is C54H67BrO15Si2. The number of benzene rings is 4. The van der Waals surface area contributed by atoms with Crippen molar-refractivity contribution in [1.82, 2.24) is 0 Å². The summed E-state index contributed by atoms with van der Waals surface area (Å²) in [5.41, 5.74) is 0. The fourth-order valence-electron chi connectivity index (χ4n) is 10.1. The van der Waals surface area contributed by atoms with Gasteiger partial charge in [0.05, 0.1) is 18.5 Å². The molecule has 18 heteroatoms. The lowest BCUT2D eigenvalue weighted by Gasteiger charge is -2.48. The monoisotopic (exact) mass is 1090 g/mol. The molecule has 0 aromatic heterocycles. The highest BCUT2D eigenvalue weighted by Gasteiger charge is 2.65. The van der Waals surface area contributed by atoms with Gasteiger partial charge in [-0.1, -0.05) is 179 Å². The van der Waals surface area contributed by atoms with Crippen molar-refractivity contribution in [3.63, 3.8) is 0 Å². The van der Waals surface area contributed by atoms with Gasteiger partial charge in [0, 0.05) is 34.6 Å². The summed E-state index contributed by atoms with van der Waals surface area (Å²) in [7, 11) is -6.61. The van der Waals surface area contributed by atoms with E-state index in [1.807, 2.05) is 121 Å². The van der Waals surface area contributed by atoms with Crippen LogP contribution in [0.25, 0.3) is 0 Å². The van der Waals surface area contributed by atoms with Gasteiger partial charge in [0.25, 0.3) is 16.6 Å². The van der Waals surface area contributed by atoms with Crippen molar-refractivity contribution in [2.24, 2.45) is 0 Å². The maximum absolute atomic E-state index is 13.2. The molecule has 72 heavy (non-hydrogen) atoms. The summed E-state index contributed by atoms with van der Waals surface area (Å²) >= 11 is 3.57. The Labute approximate surface area is 432 Å². The molecule has 4 aromatic rings. The highest BCUT2D eigenvalue weighted by Crippen LogP contribution is 2.44. The topological polar surface area (TPSA) is 178 Å². The third kappa shape index (κ3) is 12.1. The maximum Gasteiger partial charge on any atom is 0.303 e. The number of ether oxygens (including phenoxy) is 8. The van der Waals surface area contributed by atoms with Crippen LogP contribution < -0.4 is 20.7 Å². The van der Waals surface area contributed by atoms with Gasteiger partial charge in [0.2, 0.25) is 12.1 Å². The van der Waals surface area contributed by atoms with Gasteiger partial charge in [0.1, 0.15) is 12.2 Å². The van der Waals surface area contributed by atoms with Crippen LogP contribution in [0.15, 0.2) is 121 Å². The first-order valence-electron chi connectivity index (χ1n) is 23.9. The van der Waals surface area contributed by atoms with Gasteiger partial charge in [0.15, 0.2) is 30.5 Å². The standard InChI is InChI=1S/C54H67BrO15Si2/c1-35(56)63-46-44(32-61-71(52(6,7)8,40-24-16-12-17-25-40)41-26-18-13-19-27-41)68-51(49(66-38(4)59)48(46)65-37(3)58)70-54(34-55)50(67-39(5)60)47(64-36(2)57)45(69-54)33-62-72(53(9,10)11,42-28-20-14-21-29-42)43-30-22-15-23-31-43/h12-31,44-51H,32-34H2,1-11H3/t44-,45-,46-,47-,48+,49-,50+,51-,54+/m1/s1. The molecule has 0 radical (unpaired) electrons. The largest absolute Gasteiger partial charge is 0.456 e. The van der Waals surface area contributed by atoms with E-state index >= 15 is 0 Å². The number of carbonyl (C=O) groups excluding carboxylic acids is 5. The second-order valence-electron chi connectivity index (χ2n) is 20.0. The zero-order chi connectivity index (χ0) is 52.6. The molecule has 0 unspecified atom stereocenters. The van der Waals surface area contributed by atoms with Crippen molar-refractivity contribution < 1.29 is 70.7 Å². The zero-order valence-electron chi connectivity index (χ0n) is 42.8. The molecule has 0 spiro atoms. The van der Waals surface area contributed by atoms with Crippen molar-refractivity contribution >= 4 is 83.2 Å². The van der Waals surface area contributed by atoms with Crippen LogP contribution in [0.1, 0.15) is 76.2 Å². The number of halogens is 1. The molecular weight excluding hydrogens is 1020 g/mol. The highest BCUT2D eigenvalue weighted by atomic mass is 79.9. The highest BCUT2D eigenvalue weighted by molar-refractivity contribution is 9.09. The predicted molar refractivity (Wildman–Crippen MR) is 276 cm³/mol. The molecule has 0 saturated carbocycles. The maximum atomic E-state index is 13.2. The molecule has 9 atom stereocenters. The quantitative estimate of drug-likeness (QED) is 0.0488. The van der Waals surface area contributed by atoms with E-state index in [0.717, 1.165) is 34.6 Å². The summed E-state index contributed by atoms with van der Waals surface area (Å²) in [6.07, 6.45) is -11.7. The lowest BCUT2D eigenvalue weighted by atomic mass is 9.97. The molecule has 15 nitrogen and oxygen atoms in total. The fourth-order valence-corrected chi connectivity index (χ4v) is 19.8. The molecule has 0 aliphatic carbocycles. The molecule has 2 saturated heterocycles. The predicted octanol–water partition coefficient (Wildman–Crippen LogP) is 6.03. The average molecular weight is 1090 g/mol. The molecule has 6 rings (SSSR count). The molecule has 2 aliphatic heterocycles. The van der Waals surface area contributed by atoms with E-state index in [1.54, 1.807) is 0 Å². The van der Waals surface area contributed by atoms with E-state index in [4.69, 9.17) is 46.7 Å². The number of carbonyl (C=O) groups is 5. The van der Waals surface area contributed by atoms with E-state index in [9.17, 15) is 24.0 Å². The third-order valence-electron chi connectivity index (χ3n) is 12.8. The van der Waals surface area contributed by atoms with Gasteiger partial charge in [-0.15, -0.1) is 0 Å². The molecule has 2 fully saturated rings. The molecule has 4 aromatic carbocycles. The van der Waals surface area contributed by atoms with Crippen LogP contribution in [0.2, 0.25) is 10.1 Å². The summed E-state index contributed by atoms with van der Waals surface area (Å²) in [4.78, 5) is 65.6. The fraction of sp³-hybridized carbons (Fsp3) is 0.463. The lowest BCUT2D eigenvalue weighted by molar-refractivity contribution is -0.371. The second kappa shape index (κ2) is 23.4. The van der Waals surface area contributed by atoms with Crippen LogP contribution in [0.3, 0.4) is 0 Å². The summed E-state index contributed by atoms with van der Waals surface area (Å²) < 4.78 is 65.1. The Morgan fingerprint density at radius 1 is 0.486 bits per heavy atom. The van der Waals surface area contributed by atoms with Crippen LogP contribution in [-0.2, 0) is 70.7 Å². The molecule has 0 amide bonds. The minimum atomic E-state index is -3.33. The van der Waals surface area contributed by atoms with Crippen LogP contribution in [0.5, 0.6) is 0 Å². The van der Waals surface area contributed by atoms with Crippen molar-refractivity contribution in [1.29, 1.82) is 0 Å². The Morgan fingerprint density at radius 3 is 1.17 bits per heavy atom. The molecule has 0 N–H and O–H groups in total. The van der Waals surface area contributed by atoms with Crippen molar-refractivity contribution in [2.75, 3.05) is 18.5 Å². The summed E-state index contributed by atoms with van der Waals surface area (Å²) in [6.45, 7) is 18.0. The van der Waals surface area contributed by atoms with Gasteiger partial charge in [-0.25, -0.2) is 0 Å². The van der Waals surface area contributed by atoms with Crippen molar-refractivity contribution in [2.45, 2.75) is 141 Å². The Morgan fingerprint density at radius 2 is 0.819 bits per heavy atom. The molecule has 2 aliphatic rings. The Hall–Kier alpha value is -5.06. The van der Waals surface area contributed by atoms with Crippen molar-refractivity contribution in [3.8, 4) is 0 Å². The summed E-state index contributed by atoms with van der Waals surface area (Å²) in [5.74, 6) is -5.98. The van der Waals surface area contributed by atoms with Gasteiger partial charge >= 0.3 is 29.8 Å². The average Bonchev–Trinajstić information content (AvgIpc) is 3.58. The number of rotatable bonds is 18. The van der Waals surface area contributed by atoms with E-state index < -0.39 is 111 Å². The first kappa shape index (κ1) is 56.2. The normalized spacial score (nSPS) is 24.7. The van der Waals surface area contributed by atoms with E-state index in [1.165, 1.54) is 20.8 Å². The smallest absolute Gasteiger partial charge is 0.303 e. The second-order valence-corrected chi connectivity index (χ2v) is 29.2. The lowest BCUT2D eigenvalue weighted by Crippen LogP contribution is -2.69. The van der Waals surface area contributed by atoms with E-state index in [0.29, 0.717) is 0 Å². The minimum Gasteiger partial charge on any atom is -0.456 e. The number of hydrogen-bond acceptors (Lipinski definition) is 15. The van der Waals surface area contributed by atoms with E-state index in [-0.39, 0.29) is 18.5 Å². The summed E-state index contributed by atoms with van der Waals surface area (Å²) in [6, 6.07) is 39.5. The van der Waals surface area contributed by atoms with Crippen LogP contribution in [0, 0.1) is 0 Å². The van der Waals surface area contributed by atoms with Gasteiger partial charge in [-0.3, -0.25) is 24.0 Å². The molecule has 388 valence electrons. The first-order valence-corrected chi connectivity index (χ1v) is 28.9. The van der Waals surface area contributed by atoms with Gasteiger partial charge in [-0.2, -0.15) is 0 Å². The summed E-state index contributed by atoms with van der Waals surface area (Å²) in [5, 5.41) is 2.56. The van der Waals surface area contributed by atoms with Crippen molar-refractivity contribution in [3.05, 3.63) is 121 Å². The van der Waals surface area contributed by atoms with Crippen LogP contribution >= 0.6 is 15.9 Å².